The van der Waals surface area contributed by atoms with Crippen molar-refractivity contribution in [2.75, 3.05) is 27.2 Å². The lowest BCUT2D eigenvalue weighted by atomic mass is 10.3. The summed E-state index contributed by atoms with van der Waals surface area (Å²) in [5.41, 5.74) is 2.28. The summed E-state index contributed by atoms with van der Waals surface area (Å²) < 4.78 is 2.29. The summed E-state index contributed by atoms with van der Waals surface area (Å²) >= 11 is 1.81. The van der Waals surface area contributed by atoms with Crippen LogP contribution in [0.25, 0.3) is 11.0 Å². The third kappa shape index (κ3) is 4.43. The molecule has 6 heteroatoms. The van der Waals surface area contributed by atoms with Crippen LogP contribution in [0.1, 0.15) is 17.1 Å². The van der Waals surface area contributed by atoms with Crippen LogP contribution < -0.4 is 5.32 Å². The highest BCUT2D eigenvalue weighted by molar-refractivity contribution is 7.09. The Morgan fingerprint density at radius 2 is 2.12 bits per heavy atom. The lowest BCUT2D eigenvalue weighted by Crippen LogP contribution is -2.40. The number of fused-ring (bicyclic) bond motifs is 1. The Morgan fingerprint density at radius 3 is 2.88 bits per heavy atom. The normalized spacial score (nSPS) is 11.9. The Labute approximate surface area is 159 Å². The number of aromatic nitrogens is 2. The van der Waals surface area contributed by atoms with Crippen LogP contribution in [0.3, 0.4) is 0 Å². The number of rotatable bonds is 7. The van der Waals surface area contributed by atoms with Crippen LogP contribution in [0, 0.1) is 6.92 Å². The Bertz CT molecular complexity index is 850. The maximum Gasteiger partial charge on any atom is 0.193 e. The van der Waals surface area contributed by atoms with Gasteiger partial charge in [0.15, 0.2) is 5.96 Å². The van der Waals surface area contributed by atoms with Crippen molar-refractivity contribution in [2.24, 2.45) is 4.99 Å². The first-order valence-corrected chi connectivity index (χ1v) is 9.93. The average Bonchev–Trinajstić information content (AvgIpc) is 3.27. The molecule has 2 heterocycles. The van der Waals surface area contributed by atoms with E-state index in [1.165, 1.54) is 10.4 Å². The van der Waals surface area contributed by atoms with Gasteiger partial charge in [0.2, 0.25) is 0 Å². The molecule has 0 bridgehead atoms. The monoisotopic (exact) mass is 369 g/mol. The lowest BCUT2D eigenvalue weighted by molar-refractivity contribution is 0.483. The summed E-state index contributed by atoms with van der Waals surface area (Å²) in [7, 11) is 3.94. The molecule has 0 fully saturated rings. The van der Waals surface area contributed by atoms with Crippen LogP contribution in [0.4, 0.5) is 0 Å². The standard InChI is InChI=1S/C20H27N5S/c1-16-23-18-9-4-5-10-19(18)25(16)13-7-12-22-20(21-2)24(3)14-11-17-8-6-15-26-17/h4-6,8-10,15H,7,11-14H2,1-3H3,(H,21,22). The van der Waals surface area contributed by atoms with Gasteiger partial charge >= 0.3 is 0 Å². The quantitative estimate of drug-likeness (QED) is 0.394. The summed E-state index contributed by atoms with van der Waals surface area (Å²) in [4.78, 5) is 12.6. The number of likely N-dealkylation sites (N-methyl/N-ethyl adjacent to an activating group) is 1. The van der Waals surface area contributed by atoms with Gasteiger partial charge < -0.3 is 14.8 Å². The second-order valence-corrected chi connectivity index (χ2v) is 7.41. The van der Waals surface area contributed by atoms with Gasteiger partial charge in [-0.2, -0.15) is 0 Å². The van der Waals surface area contributed by atoms with E-state index < -0.39 is 0 Å². The highest BCUT2D eigenvalue weighted by atomic mass is 32.1. The molecular weight excluding hydrogens is 342 g/mol. The number of hydrogen-bond acceptors (Lipinski definition) is 3. The Kier molecular flexibility index (Phi) is 6.28. The van der Waals surface area contributed by atoms with E-state index in [1.54, 1.807) is 0 Å². The van der Waals surface area contributed by atoms with Crippen molar-refractivity contribution in [3.63, 3.8) is 0 Å². The maximum absolute atomic E-state index is 4.63. The molecule has 5 nitrogen and oxygen atoms in total. The molecule has 0 unspecified atom stereocenters. The van der Waals surface area contributed by atoms with Crippen LogP contribution in [0.2, 0.25) is 0 Å². The Hall–Kier alpha value is -2.34. The van der Waals surface area contributed by atoms with E-state index in [1.807, 2.05) is 24.5 Å². The molecule has 3 aromatic rings. The summed E-state index contributed by atoms with van der Waals surface area (Å²) in [5.74, 6) is 2.03. The minimum atomic E-state index is 0.891. The topological polar surface area (TPSA) is 45.5 Å². The number of aliphatic imine (C=N–C) groups is 1. The molecule has 138 valence electrons. The van der Waals surface area contributed by atoms with Gasteiger partial charge in [-0.05, 0) is 43.3 Å². The first kappa shape index (κ1) is 18.5. The molecular formula is C20H27N5S. The van der Waals surface area contributed by atoms with Gasteiger partial charge in [0, 0.05) is 38.6 Å². The second-order valence-electron chi connectivity index (χ2n) is 6.38. The fourth-order valence-corrected chi connectivity index (χ4v) is 3.84. The van der Waals surface area contributed by atoms with E-state index in [9.17, 15) is 0 Å². The third-order valence-corrected chi connectivity index (χ3v) is 5.47. The predicted octanol–water partition coefficient (Wildman–Crippen LogP) is 3.55. The van der Waals surface area contributed by atoms with E-state index in [-0.39, 0.29) is 0 Å². The van der Waals surface area contributed by atoms with Gasteiger partial charge in [-0.25, -0.2) is 4.98 Å². The molecule has 0 atom stereocenters. The van der Waals surface area contributed by atoms with Crippen molar-refractivity contribution in [3.8, 4) is 0 Å². The highest BCUT2D eigenvalue weighted by Gasteiger charge is 2.08. The zero-order valence-corrected chi connectivity index (χ0v) is 16.6. The Morgan fingerprint density at radius 1 is 1.27 bits per heavy atom. The van der Waals surface area contributed by atoms with Crippen molar-refractivity contribution >= 4 is 28.3 Å². The van der Waals surface area contributed by atoms with Crippen LogP contribution in [0.15, 0.2) is 46.8 Å². The number of benzene rings is 1. The van der Waals surface area contributed by atoms with Crippen molar-refractivity contribution in [3.05, 3.63) is 52.5 Å². The molecule has 0 radical (unpaired) electrons. The van der Waals surface area contributed by atoms with Crippen molar-refractivity contribution in [1.82, 2.24) is 19.8 Å². The largest absolute Gasteiger partial charge is 0.356 e. The smallest absolute Gasteiger partial charge is 0.193 e. The number of para-hydroxylation sites is 2. The molecule has 0 spiro atoms. The first-order valence-electron chi connectivity index (χ1n) is 9.05. The SMILES string of the molecule is CN=C(NCCCn1c(C)nc2ccccc21)N(C)CCc1cccs1. The van der Waals surface area contributed by atoms with E-state index >= 15 is 0 Å². The van der Waals surface area contributed by atoms with Gasteiger partial charge in [0.25, 0.3) is 0 Å². The molecule has 2 aromatic heterocycles. The third-order valence-electron chi connectivity index (χ3n) is 4.53. The Balaban J connectivity index is 1.47. The van der Waals surface area contributed by atoms with E-state index in [2.05, 4.69) is 74.4 Å². The zero-order valence-electron chi connectivity index (χ0n) is 15.8. The average molecular weight is 370 g/mol. The number of aryl methyl sites for hydroxylation is 2. The molecule has 26 heavy (non-hydrogen) atoms. The zero-order chi connectivity index (χ0) is 18.4. The molecule has 0 saturated carbocycles. The van der Waals surface area contributed by atoms with Gasteiger partial charge in [-0.1, -0.05) is 18.2 Å². The van der Waals surface area contributed by atoms with Crippen LogP contribution in [-0.4, -0.2) is 47.6 Å². The predicted molar refractivity (Wildman–Crippen MR) is 111 cm³/mol. The van der Waals surface area contributed by atoms with Crippen molar-refractivity contribution in [2.45, 2.75) is 26.3 Å². The van der Waals surface area contributed by atoms with E-state index in [0.29, 0.717) is 0 Å². The van der Waals surface area contributed by atoms with Gasteiger partial charge in [-0.3, -0.25) is 4.99 Å². The molecule has 3 rings (SSSR count). The van der Waals surface area contributed by atoms with Gasteiger partial charge in [0.05, 0.1) is 11.0 Å². The minimum Gasteiger partial charge on any atom is -0.356 e. The van der Waals surface area contributed by atoms with Crippen LogP contribution in [0.5, 0.6) is 0 Å². The summed E-state index contributed by atoms with van der Waals surface area (Å²) in [6, 6.07) is 12.6. The lowest BCUT2D eigenvalue weighted by Gasteiger charge is -2.22. The minimum absolute atomic E-state index is 0.891. The fourth-order valence-electron chi connectivity index (χ4n) is 3.14. The molecule has 0 aliphatic heterocycles. The number of thiophene rings is 1. The van der Waals surface area contributed by atoms with Crippen molar-refractivity contribution < 1.29 is 0 Å². The number of nitrogens with zero attached hydrogens (tertiary/aromatic N) is 4. The molecule has 1 N–H and O–H groups in total. The number of hydrogen-bond donors (Lipinski definition) is 1. The fraction of sp³-hybridized carbons (Fsp3) is 0.400. The molecule has 0 aliphatic carbocycles. The van der Waals surface area contributed by atoms with E-state index in [4.69, 9.17) is 0 Å². The second kappa shape index (κ2) is 8.85. The molecule has 0 saturated heterocycles. The highest BCUT2D eigenvalue weighted by Crippen LogP contribution is 2.15. The van der Waals surface area contributed by atoms with Crippen LogP contribution in [-0.2, 0) is 13.0 Å². The van der Waals surface area contributed by atoms with E-state index in [0.717, 1.165) is 49.8 Å². The van der Waals surface area contributed by atoms with Crippen LogP contribution >= 0.6 is 11.3 Å². The number of guanidine groups is 1. The summed E-state index contributed by atoms with van der Waals surface area (Å²) in [6.07, 6.45) is 2.08. The number of nitrogens with one attached hydrogen (secondary N) is 1. The maximum atomic E-state index is 4.63. The molecule has 0 amide bonds. The summed E-state index contributed by atoms with van der Waals surface area (Å²) in [5, 5.41) is 5.60. The number of imidazole rings is 1. The van der Waals surface area contributed by atoms with Gasteiger partial charge in [-0.15, -0.1) is 11.3 Å². The van der Waals surface area contributed by atoms with Gasteiger partial charge in [0.1, 0.15) is 5.82 Å². The molecule has 0 aliphatic rings. The summed E-state index contributed by atoms with van der Waals surface area (Å²) in [6.45, 7) is 4.88. The first-order chi connectivity index (χ1) is 12.7. The molecule has 1 aromatic carbocycles. The van der Waals surface area contributed by atoms with Crippen molar-refractivity contribution in [1.29, 1.82) is 0 Å².